The fourth-order valence-electron chi connectivity index (χ4n) is 3.77. The summed E-state index contributed by atoms with van der Waals surface area (Å²) in [6, 6.07) is 16.0. The third kappa shape index (κ3) is 4.94. The maximum atomic E-state index is 12.6. The molecule has 0 radical (unpaired) electrons. The van der Waals surface area contributed by atoms with Crippen LogP contribution in [-0.4, -0.2) is 30.0 Å². The van der Waals surface area contributed by atoms with Gasteiger partial charge in [0.25, 0.3) is 0 Å². The summed E-state index contributed by atoms with van der Waals surface area (Å²) in [5, 5.41) is 3.62. The van der Waals surface area contributed by atoms with Crippen LogP contribution in [0.4, 0.5) is 10.5 Å². The number of urea groups is 1. The number of rotatable bonds is 4. The molecular weight excluding hydrogens is 396 g/mol. The Kier molecular flexibility index (Phi) is 6.02. The molecule has 31 heavy (non-hydrogen) atoms. The van der Waals surface area contributed by atoms with Gasteiger partial charge in [-0.25, -0.2) is 9.59 Å². The first-order valence-electron chi connectivity index (χ1n) is 10.3. The monoisotopic (exact) mass is 420 g/mol. The van der Waals surface area contributed by atoms with E-state index in [1.54, 1.807) is 11.0 Å². The maximum Gasteiger partial charge on any atom is 0.336 e. The minimum Gasteiger partial charge on any atom is -0.461 e. The Bertz CT molecular complexity index is 1150. The smallest absolute Gasteiger partial charge is 0.336 e. The second kappa shape index (κ2) is 9.04. The van der Waals surface area contributed by atoms with E-state index in [1.165, 1.54) is 6.07 Å². The molecule has 0 spiro atoms. The topological polar surface area (TPSA) is 88.9 Å². The van der Waals surface area contributed by atoms with Crippen LogP contribution in [0.1, 0.15) is 24.0 Å². The van der Waals surface area contributed by atoms with Crippen molar-refractivity contribution >= 4 is 28.7 Å². The molecule has 0 bridgehead atoms. The van der Waals surface area contributed by atoms with Gasteiger partial charge in [0.05, 0.1) is 5.92 Å². The highest BCUT2D eigenvalue weighted by atomic mass is 16.5. The molecule has 2 aromatic carbocycles. The molecular formula is C24H24N2O5. The Morgan fingerprint density at radius 1 is 1.10 bits per heavy atom. The summed E-state index contributed by atoms with van der Waals surface area (Å²) < 4.78 is 10.8. The lowest BCUT2D eigenvalue weighted by Crippen LogP contribution is -2.42. The number of amides is 2. The van der Waals surface area contributed by atoms with Crippen LogP contribution in [0, 0.1) is 12.8 Å². The minimum absolute atomic E-state index is 0.0126. The number of carbonyl (C=O) groups is 2. The van der Waals surface area contributed by atoms with E-state index in [0.717, 1.165) is 16.6 Å². The van der Waals surface area contributed by atoms with Crippen molar-refractivity contribution in [2.75, 3.05) is 18.4 Å². The second-order valence-corrected chi connectivity index (χ2v) is 7.76. The Morgan fingerprint density at radius 2 is 1.84 bits per heavy atom. The molecule has 7 heteroatoms. The third-order valence-electron chi connectivity index (χ3n) is 5.50. The number of anilines is 1. The van der Waals surface area contributed by atoms with Crippen molar-refractivity contribution in [3.8, 4) is 0 Å². The molecule has 2 heterocycles. The quantitative estimate of drug-likeness (QED) is 0.507. The fraction of sp³-hybridized carbons (Fsp3) is 0.292. The van der Waals surface area contributed by atoms with Gasteiger partial charge in [-0.15, -0.1) is 0 Å². The zero-order valence-corrected chi connectivity index (χ0v) is 17.3. The van der Waals surface area contributed by atoms with Crippen molar-refractivity contribution in [1.29, 1.82) is 0 Å². The lowest BCUT2D eigenvalue weighted by molar-refractivity contribution is -0.151. The molecule has 1 aromatic heterocycles. The van der Waals surface area contributed by atoms with E-state index in [2.05, 4.69) is 5.32 Å². The van der Waals surface area contributed by atoms with E-state index >= 15 is 0 Å². The second-order valence-electron chi connectivity index (χ2n) is 7.76. The van der Waals surface area contributed by atoms with Gasteiger partial charge in [-0.1, -0.05) is 30.3 Å². The number of likely N-dealkylation sites (tertiary alicyclic amines) is 1. The van der Waals surface area contributed by atoms with Gasteiger partial charge in [-0.2, -0.15) is 0 Å². The Balaban J connectivity index is 1.32. The molecule has 1 fully saturated rings. The number of esters is 1. The van der Waals surface area contributed by atoms with Crippen LogP contribution in [0.5, 0.6) is 0 Å². The molecule has 0 atom stereocenters. The minimum atomic E-state index is -0.470. The molecule has 7 nitrogen and oxygen atoms in total. The van der Waals surface area contributed by atoms with Gasteiger partial charge in [-0.3, -0.25) is 4.79 Å². The molecule has 0 saturated carbocycles. The van der Waals surface area contributed by atoms with E-state index in [9.17, 15) is 14.4 Å². The fourth-order valence-corrected chi connectivity index (χ4v) is 3.77. The molecule has 2 amide bonds. The van der Waals surface area contributed by atoms with Crippen LogP contribution >= 0.6 is 0 Å². The molecule has 1 N–H and O–H groups in total. The average Bonchev–Trinajstić information content (AvgIpc) is 2.77. The Hall–Kier alpha value is -3.61. The van der Waals surface area contributed by atoms with E-state index in [0.29, 0.717) is 37.1 Å². The van der Waals surface area contributed by atoms with Crippen LogP contribution in [-0.2, 0) is 16.1 Å². The molecule has 0 aliphatic carbocycles. The molecule has 0 unspecified atom stereocenters. The van der Waals surface area contributed by atoms with Crippen molar-refractivity contribution < 1.29 is 18.7 Å². The van der Waals surface area contributed by atoms with Gasteiger partial charge in [0.15, 0.2) is 0 Å². The van der Waals surface area contributed by atoms with Gasteiger partial charge in [-0.05, 0) is 43.5 Å². The van der Waals surface area contributed by atoms with Crippen LogP contribution in [0.2, 0.25) is 0 Å². The zero-order chi connectivity index (χ0) is 21.8. The number of hydrogen-bond donors (Lipinski definition) is 1. The average molecular weight is 420 g/mol. The third-order valence-corrected chi connectivity index (χ3v) is 5.50. The number of ether oxygens (including phenoxy) is 1. The first-order valence-corrected chi connectivity index (χ1v) is 10.3. The number of para-hydroxylation sites is 1. The van der Waals surface area contributed by atoms with Gasteiger partial charge < -0.3 is 19.4 Å². The lowest BCUT2D eigenvalue weighted by Gasteiger charge is -2.31. The molecule has 4 rings (SSSR count). The number of carbonyl (C=O) groups excluding carboxylic acids is 2. The van der Waals surface area contributed by atoms with E-state index < -0.39 is 5.63 Å². The van der Waals surface area contributed by atoms with Crippen LogP contribution < -0.4 is 10.9 Å². The number of aryl methyl sites for hydroxylation is 1. The zero-order valence-electron chi connectivity index (χ0n) is 17.3. The molecule has 1 aliphatic heterocycles. The highest BCUT2D eigenvalue weighted by Crippen LogP contribution is 2.22. The van der Waals surface area contributed by atoms with Crippen molar-refractivity contribution in [2.45, 2.75) is 26.4 Å². The molecule has 3 aromatic rings. The first-order chi connectivity index (χ1) is 15.0. The molecule has 160 valence electrons. The maximum absolute atomic E-state index is 12.6. The van der Waals surface area contributed by atoms with Crippen molar-refractivity contribution in [1.82, 2.24) is 4.90 Å². The largest absolute Gasteiger partial charge is 0.461 e. The summed E-state index contributed by atoms with van der Waals surface area (Å²) >= 11 is 0. The van der Waals surface area contributed by atoms with Gasteiger partial charge in [0.1, 0.15) is 12.2 Å². The van der Waals surface area contributed by atoms with Crippen LogP contribution in [0.25, 0.3) is 11.0 Å². The van der Waals surface area contributed by atoms with Gasteiger partial charge in [0, 0.05) is 35.8 Å². The first kappa shape index (κ1) is 20.7. The number of benzene rings is 2. The predicted molar refractivity (Wildman–Crippen MR) is 117 cm³/mol. The van der Waals surface area contributed by atoms with Gasteiger partial charge in [0.2, 0.25) is 0 Å². The summed E-state index contributed by atoms with van der Waals surface area (Å²) in [4.78, 5) is 38.5. The molecule has 1 aliphatic rings. The lowest BCUT2D eigenvalue weighted by atomic mass is 9.97. The van der Waals surface area contributed by atoms with E-state index in [4.69, 9.17) is 9.15 Å². The Labute approximate surface area is 179 Å². The summed E-state index contributed by atoms with van der Waals surface area (Å²) in [6.07, 6.45) is 1.08. The van der Waals surface area contributed by atoms with Crippen molar-refractivity contribution in [3.05, 3.63) is 76.1 Å². The van der Waals surface area contributed by atoms with Crippen LogP contribution in [0.3, 0.4) is 0 Å². The summed E-state index contributed by atoms with van der Waals surface area (Å²) in [6.45, 7) is 2.89. The summed E-state index contributed by atoms with van der Waals surface area (Å²) in [7, 11) is 0. The van der Waals surface area contributed by atoms with Gasteiger partial charge >= 0.3 is 17.6 Å². The number of nitrogens with one attached hydrogen (secondary N) is 1. The predicted octanol–water partition coefficient (Wildman–Crippen LogP) is 4.09. The van der Waals surface area contributed by atoms with Crippen molar-refractivity contribution in [2.24, 2.45) is 5.92 Å². The number of piperidine rings is 1. The van der Waals surface area contributed by atoms with E-state index in [-0.39, 0.29) is 24.5 Å². The summed E-state index contributed by atoms with van der Waals surface area (Å²) in [5.74, 6) is -0.578. The normalized spacial score (nSPS) is 14.4. The Morgan fingerprint density at radius 3 is 2.58 bits per heavy atom. The van der Waals surface area contributed by atoms with Crippen molar-refractivity contribution in [3.63, 3.8) is 0 Å². The summed E-state index contributed by atoms with van der Waals surface area (Å²) in [5.41, 5.74) is 2.36. The standard InChI is InChI=1S/C24H24N2O5/c1-16-7-8-20-18(14-22(27)31-21(20)13-16)15-30-23(28)17-9-11-26(12-10-17)24(29)25-19-5-3-2-4-6-19/h2-8,13-14,17H,9-12,15H2,1H3,(H,25,29). The highest BCUT2D eigenvalue weighted by molar-refractivity contribution is 5.89. The number of hydrogen-bond acceptors (Lipinski definition) is 5. The number of fused-ring (bicyclic) bond motifs is 1. The number of nitrogens with zero attached hydrogens (tertiary/aromatic N) is 1. The van der Waals surface area contributed by atoms with E-state index in [1.807, 2.05) is 49.4 Å². The SMILES string of the molecule is Cc1ccc2c(COC(=O)C3CCN(C(=O)Nc4ccccc4)CC3)cc(=O)oc2c1. The highest BCUT2D eigenvalue weighted by Gasteiger charge is 2.28. The molecule has 1 saturated heterocycles. The van der Waals surface area contributed by atoms with Crippen LogP contribution in [0.15, 0.2) is 63.8 Å².